The summed E-state index contributed by atoms with van der Waals surface area (Å²) in [6.07, 6.45) is 1.64. The minimum Gasteiger partial charge on any atom is -0.486 e. The van der Waals surface area contributed by atoms with E-state index in [4.69, 9.17) is 9.47 Å². The Hall–Kier alpha value is -3.35. The van der Waals surface area contributed by atoms with Crippen LogP contribution in [-0.4, -0.2) is 23.2 Å². The second kappa shape index (κ2) is 7.26. The fraction of sp³-hybridized carbons (Fsp3) is 0.158. The van der Waals surface area contributed by atoms with E-state index in [-0.39, 0.29) is 5.82 Å². The van der Waals surface area contributed by atoms with Gasteiger partial charge in [0.1, 0.15) is 24.8 Å². The average molecular weight is 352 g/mol. The first-order valence-electron chi connectivity index (χ1n) is 8.25. The molecule has 2 aromatic carbocycles. The number of fused-ring (bicyclic) bond motifs is 1. The van der Waals surface area contributed by atoms with Crippen LogP contribution in [0.3, 0.4) is 0 Å². The summed E-state index contributed by atoms with van der Waals surface area (Å²) in [5.41, 5.74) is 1.38. The molecule has 3 aromatic rings. The van der Waals surface area contributed by atoms with Crippen LogP contribution in [0.25, 0.3) is 0 Å². The van der Waals surface area contributed by atoms with Gasteiger partial charge in [0, 0.05) is 30.1 Å². The second-order valence-electron chi connectivity index (χ2n) is 5.69. The number of aromatic nitrogens is 2. The molecular weight excluding hydrogens is 335 g/mol. The predicted octanol–water partition coefficient (Wildman–Crippen LogP) is 3.74. The fourth-order valence-electron chi connectivity index (χ4n) is 2.60. The van der Waals surface area contributed by atoms with Crippen molar-refractivity contribution < 1.29 is 13.9 Å². The van der Waals surface area contributed by atoms with Crippen molar-refractivity contribution in [1.29, 1.82) is 0 Å². The molecule has 0 bridgehead atoms. The van der Waals surface area contributed by atoms with Crippen molar-refractivity contribution in [2.45, 2.75) is 6.54 Å². The van der Waals surface area contributed by atoms with Crippen molar-refractivity contribution in [2.75, 3.05) is 23.8 Å². The van der Waals surface area contributed by atoms with Crippen molar-refractivity contribution in [3.8, 4) is 11.5 Å². The van der Waals surface area contributed by atoms with Crippen LogP contribution in [0.4, 0.5) is 21.8 Å². The number of rotatable bonds is 5. The maximum atomic E-state index is 13.7. The summed E-state index contributed by atoms with van der Waals surface area (Å²) in [7, 11) is 0. The van der Waals surface area contributed by atoms with E-state index in [9.17, 15) is 4.39 Å². The lowest BCUT2D eigenvalue weighted by molar-refractivity contribution is 0.171. The van der Waals surface area contributed by atoms with Crippen LogP contribution >= 0.6 is 0 Å². The van der Waals surface area contributed by atoms with Crippen molar-refractivity contribution >= 4 is 17.5 Å². The zero-order chi connectivity index (χ0) is 17.8. The normalized spacial score (nSPS) is 12.5. The molecule has 26 heavy (non-hydrogen) atoms. The molecule has 0 saturated carbocycles. The van der Waals surface area contributed by atoms with Crippen LogP contribution in [0.2, 0.25) is 0 Å². The van der Waals surface area contributed by atoms with Gasteiger partial charge in [0.15, 0.2) is 11.5 Å². The minimum atomic E-state index is -0.259. The van der Waals surface area contributed by atoms with Crippen molar-refractivity contribution in [3.63, 3.8) is 0 Å². The highest BCUT2D eigenvalue weighted by Crippen LogP contribution is 2.33. The Morgan fingerprint density at radius 2 is 1.85 bits per heavy atom. The molecule has 0 atom stereocenters. The van der Waals surface area contributed by atoms with Crippen LogP contribution in [0.5, 0.6) is 11.5 Å². The maximum absolute atomic E-state index is 13.7. The van der Waals surface area contributed by atoms with E-state index in [0.717, 1.165) is 11.4 Å². The third kappa shape index (κ3) is 3.66. The highest BCUT2D eigenvalue weighted by atomic mass is 19.1. The monoisotopic (exact) mass is 352 g/mol. The molecule has 2 N–H and O–H groups in total. The molecule has 1 aliphatic rings. The Balaban J connectivity index is 1.45. The van der Waals surface area contributed by atoms with Crippen LogP contribution in [-0.2, 0) is 6.54 Å². The lowest BCUT2D eigenvalue weighted by Gasteiger charge is -2.19. The Morgan fingerprint density at radius 1 is 1.00 bits per heavy atom. The van der Waals surface area contributed by atoms with Gasteiger partial charge in [0.25, 0.3) is 0 Å². The van der Waals surface area contributed by atoms with Gasteiger partial charge in [0.05, 0.1) is 0 Å². The largest absolute Gasteiger partial charge is 0.486 e. The molecule has 132 valence electrons. The van der Waals surface area contributed by atoms with Crippen molar-refractivity contribution in [1.82, 2.24) is 9.97 Å². The van der Waals surface area contributed by atoms with E-state index in [1.807, 2.05) is 18.2 Å². The summed E-state index contributed by atoms with van der Waals surface area (Å²) in [6.45, 7) is 1.40. The van der Waals surface area contributed by atoms with E-state index in [1.165, 1.54) is 6.07 Å². The molecule has 0 unspecified atom stereocenters. The molecular formula is C19H17FN4O2. The zero-order valence-corrected chi connectivity index (χ0v) is 13.9. The molecule has 4 rings (SSSR count). The third-order valence-corrected chi connectivity index (χ3v) is 3.86. The summed E-state index contributed by atoms with van der Waals surface area (Å²) in [5.74, 6) is 2.21. The number of hydrogen-bond acceptors (Lipinski definition) is 6. The number of hydrogen-bond donors (Lipinski definition) is 2. The minimum absolute atomic E-state index is 0.259. The molecule has 0 saturated heterocycles. The van der Waals surface area contributed by atoms with Gasteiger partial charge in [0.2, 0.25) is 5.95 Å². The lowest BCUT2D eigenvalue weighted by Crippen LogP contribution is -2.15. The molecule has 6 nitrogen and oxygen atoms in total. The number of halogens is 1. The number of benzene rings is 2. The van der Waals surface area contributed by atoms with Gasteiger partial charge < -0.3 is 20.1 Å². The highest BCUT2D eigenvalue weighted by molar-refractivity contribution is 5.62. The van der Waals surface area contributed by atoms with E-state index in [1.54, 1.807) is 30.5 Å². The number of anilines is 3. The number of nitrogens with zero attached hydrogens (tertiary/aromatic N) is 2. The topological polar surface area (TPSA) is 68.3 Å². The molecule has 7 heteroatoms. The molecule has 0 radical (unpaired) electrons. The first kappa shape index (κ1) is 16.1. The maximum Gasteiger partial charge on any atom is 0.224 e. The predicted molar refractivity (Wildman–Crippen MR) is 96.5 cm³/mol. The van der Waals surface area contributed by atoms with Gasteiger partial charge in [-0.3, -0.25) is 0 Å². The Kier molecular flexibility index (Phi) is 4.51. The molecule has 1 aliphatic heterocycles. The van der Waals surface area contributed by atoms with E-state index in [2.05, 4.69) is 20.6 Å². The molecule has 0 aliphatic carbocycles. The summed E-state index contributed by atoms with van der Waals surface area (Å²) in [5, 5.41) is 6.23. The summed E-state index contributed by atoms with van der Waals surface area (Å²) in [4.78, 5) is 8.56. The number of nitrogens with one attached hydrogen (secondary N) is 2. The molecule has 0 amide bonds. The van der Waals surface area contributed by atoms with Gasteiger partial charge in [-0.2, -0.15) is 4.98 Å². The van der Waals surface area contributed by atoms with Crippen molar-refractivity contribution in [2.24, 2.45) is 0 Å². The molecule has 2 heterocycles. The smallest absolute Gasteiger partial charge is 0.224 e. The van der Waals surface area contributed by atoms with E-state index >= 15 is 0 Å². The molecule has 0 spiro atoms. The van der Waals surface area contributed by atoms with E-state index < -0.39 is 0 Å². The molecule has 0 fully saturated rings. The van der Waals surface area contributed by atoms with Crippen LogP contribution in [0, 0.1) is 5.82 Å². The van der Waals surface area contributed by atoms with Gasteiger partial charge in [-0.25, -0.2) is 9.37 Å². The number of ether oxygens (including phenoxy) is 2. The summed E-state index contributed by atoms with van der Waals surface area (Å²) in [6, 6.07) is 14.0. The summed E-state index contributed by atoms with van der Waals surface area (Å²) >= 11 is 0. The van der Waals surface area contributed by atoms with Crippen LogP contribution < -0.4 is 20.1 Å². The van der Waals surface area contributed by atoms with E-state index in [0.29, 0.717) is 42.8 Å². The van der Waals surface area contributed by atoms with Gasteiger partial charge in [-0.05, 0) is 24.3 Å². The Morgan fingerprint density at radius 3 is 2.73 bits per heavy atom. The van der Waals surface area contributed by atoms with Gasteiger partial charge in [-0.15, -0.1) is 0 Å². The van der Waals surface area contributed by atoms with Gasteiger partial charge >= 0.3 is 0 Å². The third-order valence-electron chi connectivity index (χ3n) is 3.86. The summed E-state index contributed by atoms with van der Waals surface area (Å²) < 4.78 is 24.8. The first-order valence-corrected chi connectivity index (χ1v) is 8.25. The van der Waals surface area contributed by atoms with Crippen LogP contribution in [0.15, 0.2) is 54.7 Å². The Labute approximate surface area is 150 Å². The highest BCUT2D eigenvalue weighted by Gasteiger charge is 2.12. The first-order chi connectivity index (χ1) is 12.8. The molecule has 1 aromatic heterocycles. The fourth-order valence-corrected chi connectivity index (χ4v) is 2.60. The lowest BCUT2D eigenvalue weighted by atomic mass is 10.2. The quantitative estimate of drug-likeness (QED) is 0.729. The van der Waals surface area contributed by atoms with Crippen LogP contribution in [0.1, 0.15) is 5.56 Å². The second-order valence-corrected chi connectivity index (χ2v) is 5.69. The SMILES string of the molecule is Fc1ccccc1CNc1nccc(Nc2ccc3c(c2)OCCO3)n1. The van der Waals surface area contributed by atoms with Gasteiger partial charge in [-0.1, -0.05) is 18.2 Å². The standard InChI is InChI=1S/C19H17FN4O2/c20-15-4-2-1-3-13(15)12-22-19-21-8-7-18(24-19)23-14-5-6-16-17(11-14)26-10-9-25-16/h1-8,11H,9-10,12H2,(H2,21,22,23,24). The Bertz CT molecular complexity index is 920. The van der Waals surface area contributed by atoms with Crippen molar-refractivity contribution in [3.05, 3.63) is 66.1 Å². The average Bonchev–Trinajstić information content (AvgIpc) is 2.68. The zero-order valence-electron chi connectivity index (χ0n) is 13.9.